The quantitative estimate of drug-likeness (QED) is 0.320. The number of methoxy groups -OCH3 is 1. The molecule has 1 atom stereocenters. The second-order valence-corrected chi connectivity index (χ2v) is 9.26. The first-order chi connectivity index (χ1) is 16.8. The lowest BCUT2D eigenvalue weighted by Crippen LogP contribution is -2.29. The van der Waals surface area contributed by atoms with Crippen molar-refractivity contribution in [2.75, 3.05) is 38.6 Å². The Morgan fingerprint density at radius 2 is 2.00 bits per heavy atom. The number of anilines is 1. The molecule has 1 fully saturated rings. The van der Waals surface area contributed by atoms with E-state index in [9.17, 15) is 19.5 Å². The fraction of sp³-hybridized carbons (Fsp3) is 0.577. The first-order valence-corrected chi connectivity index (χ1v) is 12.3. The van der Waals surface area contributed by atoms with Crippen molar-refractivity contribution in [2.24, 2.45) is 5.92 Å². The molecular formula is C26H37N3O6. The van der Waals surface area contributed by atoms with Crippen LogP contribution in [0.3, 0.4) is 0 Å². The highest BCUT2D eigenvalue weighted by Gasteiger charge is 2.32. The third-order valence-corrected chi connectivity index (χ3v) is 6.82. The molecule has 1 unspecified atom stereocenters. The number of urea groups is 1. The topological polar surface area (TPSA) is 117 Å². The number of esters is 1. The van der Waals surface area contributed by atoms with Crippen LogP contribution < -0.4 is 15.4 Å². The number of nitrogens with zero attached hydrogens (tertiary/aromatic N) is 1. The van der Waals surface area contributed by atoms with Crippen LogP contribution in [0.4, 0.5) is 10.5 Å². The standard InChI is InChI=1S/C26H37N3O6/c1-5-27-26(33)28-22-19(23(34-4)17(3)20-15-35-25(32)21(20)22)9-8-16(2)14-18(24(30)31)10-13-29-11-6-7-12-29/h8,18H,5-7,9-15H2,1-4H3,(H,30,31)(H2,27,28,33)/b16-8+. The number of cyclic esters (lactones) is 1. The van der Waals surface area contributed by atoms with Gasteiger partial charge in [-0.1, -0.05) is 11.6 Å². The molecule has 3 N–H and O–H groups in total. The minimum Gasteiger partial charge on any atom is -0.496 e. The number of fused-ring (bicyclic) bond motifs is 1. The van der Waals surface area contributed by atoms with Crippen LogP contribution in [0.15, 0.2) is 11.6 Å². The van der Waals surface area contributed by atoms with E-state index in [0.717, 1.165) is 30.8 Å². The summed E-state index contributed by atoms with van der Waals surface area (Å²) < 4.78 is 11.0. The van der Waals surface area contributed by atoms with E-state index in [1.54, 1.807) is 7.11 Å². The van der Waals surface area contributed by atoms with E-state index < -0.39 is 23.9 Å². The number of amides is 2. The molecule has 2 aliphatic rings. The number of benzene rings is 1. The molecule has 0 aliphatic carbocycles. The summed E-state index contributed by atoms with van der Waals surface area (Å²) in [4.78, 5) is 39.2. The van der Waals surface area contributed by atoms with Gasteiger partial charge in [0.05, 0.1) is 24.3 Å². The maximum atomic E-state index is 12.5. The maximum Gasteiger partial charge on any atom is 0.341 e. The highest BCUT2D eigenvalue weighted by Crippen LogP contribution is 2.41. The highest BCUT2D eigenvalue weighted by atomic mass is 16.5. The maximum absolute atomic E-state index is 12.5. The molecule has 3 rings (SSSR count). The average molecular weight is 488 g/mol. The smallest absolute Gasteiger partial charge is 0.341 e. The van der Waals surface area contributed by atoms with Crippen LogP contribution in [0, 0.1) is 12.8 Å². The Bertz CT molecular complexity index is 998. The molecule has 9 heteroatoms. The normalized spacial score (nSPS) is 16.6. The van der Waals surface area contributed by atoms with Crippen LogP contribution in [0.1, 0.15) is 66.6 Å². The largest absolute Gasteiger partial charge is 0.496 e. The first-order valence-electron chi connectivity index (χ1n) is 12.3. The Hall–Kier alpha value is -3.07. The summed E-state index contributed by atoms with van der Waals surface area (Å²) in [6, 6.07) is -0.421. The zero-order chi connectivity index (χ0) is 25.5. The molecule has 0 bridgehead atoms. The zero-order valence-electron chi connectivity index (χ0n) is 21.2. The van der Waals surface area contributed by atoms with Gasteiger partial charge in [-0.15, -0.1) is 0 Å². The van der Waals surface area contributed by atoms with E-state index in [-0.39, 0.29) is 6.61 Å². The van der Waals surface area contributed by atoms with Gasteiger partial charge in [0.1, 0.15) is 12.4 Å². The molecule has 0 spiro atoms. The predicted octanol–water partition coefficient (Wildman–Crippen LogP) is 3.88. The second-order valence-electron chi connectivity index (χ2n) is 9.26. The summed E-state index contributed by atoms with van der Waals surface area (Å²) in [6.07, 6.45) is 5.74. The number of aliphatic carboxylic acids is 1. The van der Waals surface area contributed by atoms with E-state index in [0.29, 0.717) is 53.9 Å². The van der Waals surface area contributed by atoms with Gasteiger partial charge in [0.2, 0.25) is 0 Å². The highest BCUT2D eigenvalue weighted by molar-refractivity contribution is 6.05. The van der Waals surface area contributed by atoms with Crippen molar-refractivity contribution in [3.8, 4) is 5.75 Å². The van der Waals surface area contributed by atoms with Crippen LogP contribution in [0.5, 0.6) is 5.75 Å². The van der Waals surface area contributed by atoms with Gasteiger partial charge in [-0.05, 0) is 78.1 Å². The summed E-state index contributed by atoms with van der Waals surface area (Å²) in [5, 5.41) is 15.3. The fourth-order valence-electron chi connectivity index (χ4n) is 4.91. The average Bonchev–Trinajstić information content (AvgIpc) is 3.47. The SMILES string of the molecule is CCNC(=O)Nc1c(C/C=C(\C)CC(CCN2CCCC2)C(=O)O)c(OC)c(C)c2c1C(=O)OC2. The Morgan fingerprint density at radius 1 is 1.29 bits per heavy atom. The van der Waals surface area contributed by atoms with Crippen molar-refractivity contribution in [2.45, 2.75) is 59.5 Å². The van der Waals surface area contributed by atoms with Crippen LogP contribution >= 0.6 is 0 Å². The fourth-order valence-corrected chi connectivity index (χ4v) is 4.91. The number of carbonyl (C=O) groups excluding carboxylic acids is 2. The van der Waals surface area contributed by atoms with E-state index in [4.69, 9.17) is 9.47 Å². The van der Waals surface area contributed by atoms with Crippen LogP contribution in [0.25, 0.3) is 0 Å². The van der Waals surface area contributed by atoms with Gasteiger partial charge in [-0.3, -0.25) is 4.79 Å². The summed E-state index contributed by atoms with van der Waals surface area (Å²) in [7, 11) is 1.56. The number of ether oxygens (including phenoxy) is 2. The summed E-state index contributed by atoms with van der Waals surface area (Å²) in [5.41, 5.74) is 3.83. The van der Waals surface area contributed by atoms with Crippen molar-refractivity contribution in [1.29, 1.82) is 0 Å². The number of likely N-dealkylation sites (tertiary alicyclic amines) is 1. The lowest BCUT2D eigenvalue weighted by molar-refractivity contribution is -0.142. The number of carbonyl (C=O) groups is 3. The monoisotopic (exact) mass is 487 g/mol. The van der Waals surface area contributed by atoms with E-state index in [1.165, 1.54) is 12.8 Å². The lowest BCUT2D eigenvalue weighted by atomic mass is 9.92. The molecule has 0 aromatic heterocycles. The number of nitrogens with one attached hydrogen (secondary N) is 2. The molecule has 2 heterocycles. The third kappa shape index (κ3) is 6.33. The van der Waals surface area contributed by atoms with Gasteiger partial charge >= 0.3 is 18.0 Å². The zero-order valence-corrected chi connectivity index (χ0v) is 21.2. The summed E-state index contributed by atoms with van der Waals surface area (Å²) in [5.74, 6) is -1.14. The first kappa shape index (κ1) is 26.5. The number of rotatable bonds is 11. The van der Waals surface area contributed by atoms with Crippen molar-refractivity contribution in [3.05, 3.63) is 33.9 Å². The molecule has 0 radical (unpaired) electrons. The number of hydrogen-bond donors (Lipinski definition) is 3. The summed E-state index contributed by atoms with van der Waals surface area (Å²) in [6.45, 7) is 9.05. The number of hydrogen-bond acceptors (Lipinski definition) is 6. The Kier molecular flexibility index (Phi) is 9.14. The Labute approximate surface area is 206 Å². The Morgan fingerprint density at radius 3 is 2.63 bits per heavy atom. The van der Waals surface area contributed by atoms with Gasteiger partial charge in [-0.2, -0.15) is 0 Å². The predicted molar refractivity (Wildman–Crippen MR) is 133 cm³/mol. The van der Waals surface area contributed by atoms with Gasteiger partial charge in [-0.25, -0.2) is 9.59 Å². The number of carboxylic acid groups (broad SMARTS) is 1. The molecule has 1 aromatic carbocycles. The van der Waals surface area contributed by atoms with Crippen LogP contribution in [-0.4, -0.2) is 61.3 Å². The molecule has 35 heavy (non-hydrogen) atoms. The third-order valence-electron chi connectivity index (χ3n) is 6.82. The molecular weight excluding hydrogens is 450 g/mol. The van der Waals surface area contributed by atoms with Crippen LogP contribution in [-0.2, 0) is 22.6 Å². The van der Waals surface area contributed by atoms with Gasteiger partial charge < -0.3 is 30.1 Å². The molecule has 1 saturated heterocycles. The summed E-state index contributed by atoms with van der Waals surface area (Å²) >= 11 is 0. The van der Waals surface area contributed by atoms with Crippen LogP contribution in [0.2, 0.25) is 0 Å². The van der Waals surface area contributed by atoms with Crippen molar-refractivity contribution in [1.82, 2.24) is 10.2 Å². The Balaban J connectivity index is 1.86. The molecule has 2 aliphatic heterocycles. The minimum atomic E-state index is -0.788. The molecule has 9 nitrogen and oxygen atoms in total. The van der Waals surface area contributed by atoms with Crippen molar-refractivity contribution < 1.29 is 29.0 Å². The lowest BCUT2D eigenvalue weighted by Gasteiger charge is -2.20. The van der Waals surface area contributed by atoms with Crippen molar-refractivity contribution in [3.63, 3.8) is 0 Å². The van der Waals surface area contributed by atoms with E-state index in [2.05, 4.69) is 15.5 Å². The van der Waals surface area contributed by atoms with E-state index in [1.807, 2.05) is 26.8 Å². The molecule has 2 amide bonds. The second kappa shape index (κ2) is 12.1. The van der Waals surface area contributed by atoms with Crippen molar-refractivity contribution >= 4 is 23.7 Å². The van der Waals surface area contributed by atoms with Gasteiger partial charge in [0.25, 0.3) is 0 Å². The minimum absolute atomic E-state index is 0.132. The molecule has 192 valence electrons. The number of carboxylic acids is 1. The van der Waals surface area contributed by atoms with Gasteiger partial charge in [0.15, 0.2) is 0 Å². The van der Waals surface area contributed by atoms with Gasteiger partial charge in [0, 0.05) is 17.7 Å². The van der Waals surface area contributed by atoms with E-state index >= 15 is 0 Å². The molecule has 0 saturated carbocycles. The molecule has 1 aromatic rings. The number of allylic oxidation sites excluding steroid dienone is 2.